The number of halogens is 4. The fourth-order valence-electron chi connectivity index (χ4n) is 0.902. The monoisotopic (exact) mass is 302 g/mol. The van der Waals surface area contributed by atoms with Crippen LogP contribution in [0.3, 0.4) is 0 Å². The maximum atomic E-state index is 12.3. The van der Waals surface area contributed by atoms with E-state index in [0.29, 0.717) is 3.57 Å². The normalized spacial score (nSPS) is 11.5. The molecule has 1 rings (SSSR count). The second-order valence-corrected chi connectivity index (χ2v) is 3.59. The zero-order valence-corrected chi connectivity index (χ0v) is 8.81. The minimum atomic E-state index is -4.35. The van der Waals surface area contributed by atoms with Crippen LogP contribution in [0.5, 0.6) is 5.75 Å². The predicted octanol–water partition coefficient (Wildman–Crippen LogP) is 3.32. The molecule has 0 unspecified atom stereocenters. The first-order chi connectivity index (χ1) is 5.95. The lowest BCUT2D eigenvalue weighted by atomic mass is 10.2. The zero-order valence-electron chi connectivity index (χ0n) is 6.65. The molecule has 72 valence electrons. The first kappa shape index (κ1) is 10.6. The van der Waals surface area contributed by atoms with Crippen molar-refractivity contribution in [2.75, 3.05) is 7.11 Å². The Hall–Kier alpha value is -0.460. The SMILES string of the molecule is COc1ccc(I)cc1C(F)(F)F. The standard InChI is InChI=1S/C8H6F3IO/c1-13-7-3-2-5(12)4-6(7)8(9,10)11/h2-4H,1H3. The Morgan fingerprint density at radius 2 is 1.92 bits per heavy atom. The van der Waals surface area contributed by atoms with Gasteiger partial charge in [0.1, 0.15) is 5.75 Å². The Kier molecular flexibility index (Phi) is 3.05. The van der Waals surface area contributed by atoms with Crippen LogP contribution in [0.2, 0.25) is 0 Å². The molecule has 0 saturated heterocycles. The molecule has 1 nitrogen and oxygen atoms in total. The highest BCUT2D eigenvalue weighted by molar-refractivity contribution is 14.1. The molecule has 0 aliphatic rings. The van der Waals surface area contributed by atoms with E-state index in [1.54, 1.807) is 6.07 Å². The van der Waals surface area contributed by atoms with Crippen molar-refractivity contribution < 1.29 is 17.9 Å². The number of benzene rings is 1. The molecule has 0 saturated carbocycles. The van der Waals surface area contributed by atoms with Gasteiger partial charge in [-0.15, -0.1) is 0 Å². The summed E-state index contributed by atoms with van der Waals surface area (Å²) in [5.41, 5.74) is -0.734. The third kappa shape index (κ3) is 2.49. The molecule has 0 radical (unpaired) electrons. The molecule has 0 heterocycles. The van der Waals surface area contributed by atoms with Crippen molar-refractivity contribution in [3.63, 3.8) is 0 Å². The highest BCUT2D eigenvalue weighted by Gasteiger charge is 2.34. The van der Waals surface area contributed by atoms with Crippen LogP contribution in [0.25, 0.3) is 0 Å². The minimum absolute atomic E-state index is 0.145. The second-order valence-electron chi connectivity index (χ2n) is 2.34. The first-order valence-corrected chi connectivity index (χ1v) is 4.44. The molecule has 0 fully saturated rings. The molecule has 1 aromatic rings. The number of rotatable bonds is 1. The fraction of sp³-hybridized carbons (Fsp3) is 0.250. The lowest BCUT2D eigenvalue weighted by Crippen LogP contribution is -2.07. The topological polar surface area (TPSA) is 9.23 Å². The summed E-state index contributed by atoms with van der Waals surface area (Å²) in [6, 6.07) is 3.93. The van der Waals surface area contributed by atoms with E-state index in [9.17, 15) is 13.2 Å². The van der Waals surface area contributed by atoms with E-state index in [2.05, 4.69) is 4.74 Å². The van der Waals surface area contributed by atoms with Crippen LogP contribution in [-0.4, -0.2) is 7.11 Å². The van der Waals surface area contributed by atoms with E-state index in [1.165, 1.54) is 13.2 Å². The molecule has 0 aliphatic heterocycles. The molecule has 0 N–H and O–H groups in total. The summed E-state index contributed by atoms with van der Waals surface area (Å²) in [5.74, 6) is -0.145. The Labute approximate surface area is 87.0 Å². The maximum Gasteiger partial charge on any atom is 0.419 e. The summed E-state index contributed by atoms with van der Waals surface area (Å²) in [6.07, 6.45) is -4.35. The van der Waals surface area contributed by atoms with E-state index < -0.39 is 11.7 Å². The summed E-state index contributed by atoms with van der Waals surface area (Å²) in [7, 11) is 1.22. The molecule has 0 amide bonds. The lowest BCUT2D eigenvalue weighted by molar-refractivity contribution is -0.138. The molecule has 0 bridgehead atoms. The van der Waals surface area contributed by atoms with Crippen molar-refractivity contribution in [1.82, 2.24) is 0 Å². The van der Waals surface area contributed by atoms with Crippen LogP contribution in [0.15, 0.2) is 18.2 Å². The van der Waals surface area contributed by atoms with E-state index in [1.807, 2.05) is 22.6 Å². The zero-order chi connectivity index (χ0) is 10.1. The summed E-state index contributed by atoms with van der Waals surface area (Å²) in [6.45, 7) is 0. The largest absolute Gasteiger partial charge is 0.496 e. The Morgan fingerprint density at radius 1 is 1.31 bits per heavy atom. The van der Waals surface area contributed by atoms with Gasteiger partial charge in [-0.25, -0.2) is 0 Å². The number of methoxy groups -OCH3 is 1. The molecular weight excluding hydrogens is 296 g/mol. The van der Waals surface area contributed by atoms with Gasteiger partial charge in [-0.1, -0.05) is 0 Å². The van der Waals surface area contributed by atoms with E-state index in [4.69, 9.17) is 0 Å². The molecule has 0 atom stereocenters. The van der Waals surface area contributed by atoms with Crippen LogP contribution >= 0.6 is 22.6 Å². The van der Waals surface area contributed by atoms with Crippen molar-refractivity contribution in [2.24, 2.45) is 0 Å². The third-order valence-electron chi connectivity index (χ3n) is 1.47. The Balaban J connectivity index is 3.24. The van der Waals surface area contributed by atoms with Crippen molar-refractivity contribution in [3.05, 3.63) is 27.3 Å². The quantitative estimate of drug-likeness (QED) is 0.723. The van der Waals surface area contributed by atoms with Crippen LogP contribution in [0, 0.1) is 3.57 Å². The van der Waals surface area contributed by atoms with Crippen LogP contribution in [0.1, 0.15) is 5.56 Å². The van der Waals surface area contributed by atoms with Gasteiger partial charge in [-0.05, 0) is 40.8 Å². The van der Waals surface area contributed by atoms with Gasteiger partial charge in [-0.3, -0.25) is 0 Å². The van der Waals surface area contributed by atoms with Crippen LogP contribution < -0.4 is 4.74 Å². The van der Waals surface area contributed by atoms with Crippen molar-refractivity contribution >= 4 is 22.6 Å². The first-order valence-electron chi connectivity index (χ1n) is 3.36. The molecule has 5 heteroatoms. The van der Waals surface area contributed by atoms with Gasteiger partial charge in [0.25, 0.3) is 0 Å². The Bertz CT molecular complexity index is 309. The highest BCUT2D eigenvalue weighted by atomic mass is 127. The van der Waals surface area contributed by atoms with Gasteiger partial charge in [0, 0.05) is 3.57 Å². The lowest BCUT2D eigenvalue weighted by Gasteiger charge is -2.11. The molecular formula is C8H6F3IO. The van der Waals surface area contributed by atoms with Gasteiger partial charge in [0.2, 0.25) is 0 Å². The smallest absolute Gasteiger partial charge is 0.419 e. The van der Waals surface area contributed by atoms with Crippen molar-refractivity contribution in [2.45, 2.75) is 6.18 Å². The molecule has 0 aromatic heterocycles. The average Bonchev–Trinajstić information content (AvgIpc) is 2.03. The van der Waals surface area contributed by atoms with Crippen molar-refractivity contribution in [1.29, 1.82) is 0 Å². The number of ether oxygens (including phenoxy) is 1. The summed E-state index contributed by atoms with van der Waals surface area (Å²) < 4.78 is 42.1. The molecule has 0 spiro atoms. The molecule has 1 aromatic carbocycles. The van der Waals surface area contributed by atoms with Crippen LogP contribution in [0.4, 0.5) is 13.2 Å². The second kappa shape index (κ2) is 3.73. The van der Waals surface area contributed by atoms with Crippen LogP contribution in [-0.2, 0) is 6.18 Å². The summed E-state index contributed by atoms with van der Waals surface area (Å²) in [5, 5.41) is 0. The number of alkyl halides is 3. The summed E-state index contributed by atoms with van der Waals surface area (Å²) in [4.78, 5) is 0. The van der Waals surface area contributed by atoms with Gasteiger partial charge < -0.3 is 4.74 Å². The maximum absolute atomic E-state index is 12.3. The average molecular weight is 302 g/mol. The third-order valence-corrected chi connectivity index (χ3v) is 2.14. The van der Waals surface area contributed by atoms with E-state index in [-0.39, 0.29) is 5.75 Å². The highest BCUT2D eigenvalue weighted by Crippen LogP contribution is 2.36. The fourth-order valence-corrected chi connectivity index (χ4v) is 1.39. The van der Waals surface area contributed by atoms with Gasteiger partial charge in [-0.2, -0.15) is 13.2 Å². The van der Waals surface area contributed by atoms with Crippen molar-refractivity contribution in [3.8, 4) is 5.75 Å². The number of hydrogen-bond donors (Lipinski definition) is 0. The predicted molar refractivity (Wildman–Crippen MR) is 50.7 cm³/mol. The molecule has 13 heavy (non-hydrogen) atoms. The van der Waals surface area contributed by atoms with Gasteiger partial charge in [0.05, 0.1) is 12.7 Å². The van der Waals surface area contributed by atoms with E-state index in [0.717, 1.165) is 6.07 Å². The summed E-state index contributed by atoms with van der Waals surface area (Å²) >= 11 is 1.82. The molecule has 0 aliphatic carbocycles. The van der Waals surface area contributed by atoms with Gasteiger partial charge >= 0.3 is 6.18 Å². The number of hydrogen-bond acceptors (Lipinski definition) is 1. The van der Waals surface area contributed by atoms with E-state index >= 15 is 0 Å². The minimum Gasteiger partial charge on any atom is -0.496 e. The van der Waals surface area contributed by atoms with Gasteiger partial charge in [0.15, 0.2) is 0 Å². The Morgan fingerprint density at radius 3 is 2.38 bits per heavy atom.